The molecular formula is C21H26N2O2. The Balaban J connectivity index is 1.75. The van der Waals surface area contributed by atoms with Gasteiger partial charge in [0.15, 0.2) is 0 Å². The zero-order valence-electron chi connectivity index (χ0n) is 14.9. The Morgan fingerprint density at radius 2 is 1.72 bits per heavy atom. The summed E-state index contributed by atoms with van der Waals surface area (Å²) < 4.78 is 0. The van der Waals surface area contributed by atoms with Gasteiger partial charge in [0.25, 0.3) is 5.91 Å². The van der Waals surface area contributed by atoms with Gasteiger partial charge in [0, 0.05) is 18.7 Å². The van der Waals surface area contributed by atoms with Crippen molar-refractivity contribution in [2.24, 2.45) is 0 Å². The Kier molecular flexibility index (Phi) is 5.39. The van der Waals surface area contributed by atoms with Gasteiger partial charge in [-0.05, 0) is 48.6 Å². The van der Waals surface area contributed by atoms with Crippen LogP contribution in [0.25, 0.3) is 0 Å². The first-order valence-electron chi connectivity index (χ1n) is 8.98. The fraction of sp³-hybridized carbons (Fsp3) is 0.381. The van der Waals surface area contributed by atoms with E-state index in [1.165, 1.54) is 5.56 Å². The quantitative estimate of drug-likeness (QED) is 0.885. The highest BCUT2D eigenvalue weighted by Gasteiger charge is 2.20. The van der Waals surface area contributed by atoms with Crippen molar-refractivity contribution in [2.75, 3.05) is 23.3 Å². The van der Waals surface area contributed by atoms with Crippen LogP contribution in [0.3, 0.4) is 0 Å². The third-order valence-electron chi connectivity index (χ3n) is 4.80. The SMILES string of the molecule is CC(C)c1ccc(C(=O)Nc2ccccc2N2CCC(O)CC2)cc1. The number of para-hydroxylation sites is 2. The highest BCUT2D eigenvalue weighted by atomic mass is 16.3. The van der Waals surface area contributed by atoms with Crippen LogP contribution in [0.5, 0.6) is 0 Å². The molecule has 0 radical (unpaired) electrons. The minimum atomic E-state index is -0.211. The van der Waals surface area contributed by atoms with Gasteiger partial charge in [-0.2, -0.15) is 0 Å². The number of benzene rings is 2. The number of piperidine rings is 1. The summed E-state index contributed by atoms with van der Waals surface area (Å²) in [6, 6.07) is 15.6. The summed E-state index contributed by atoms with van der Waals surface area (Å²) in [7, 11) is 0. The molecule has 1 amide bonds. The average molecular weight is 338 g/mol. The molecule has 0 bridgehead atoms. The van der Waals surface area contributed by atoms with Crippen molar-refractivity contribution in [2.45, 2.75) is 38.7 Å². The Bertz CT molecular complexity index is 717. The number of nitrogens with one attached hydrogen (secondary N) is 1. The van der Waals surface area contributed by atoms with E-state index in [0.29, 0.717) is 11.5 Å². The average Bonchev–Trinajstić information content (AvgIpc) is 2.63. The maximum absolute atomic E-state index is 12.6. The number of aliphatic hydroxyl groups is 1. The van der Waals surface area contributed by atoms with E-state index in [-0.39, 0.29) is 12.0 Å². The van der Waals surface area contributed by atoms with Crippen LogP contribution in [0.2, 0.25) is 0 Å². The third-order valence-corrected chi connectivity index (χ3v) is 4.80. The van der Waals surface area contributed by atoms with Crippen LogP contribution in [-0.4, -0.2) is 30.2 Å². The lowest BCUT2D eigenvalue weighted by molar-refractivity contribution is 0.102. The monoisotopic (exact) mass is 338 g/mol. The number of hydrogen-bond acceptors (Lipinski definition) is 3. The Morgan fingerprint density at radius 1 is 1.08 bits per heavy atom. The fourth-order valence-electron chi connectivity index (χ4n) is 3.18. The summed E-state index contributed by atoms with van der Waals surface area (Å²) in [5.41, 5.74) is 3.72. The second-order valence-electron chi connectivity index (χ2n) is 6.97. The molecule has 2 aromatic carbocycles. The molecule has 0 unspecified atom stereocenters. The van der Waals surface area contributed by atoms with E-state index in [2.05, 4.69) is 24.1 Å². The summed E-state index contributed by atoms with van der Waals surface area (Å²) in [4.78, 5) is 14.8. The lowest BCUT2D eigenvalue weighted by Crippen LogP contribution is -2.36. The predicted molar refractivity (Wildman–Crippen MR) is 102 cm³/mol. The molecule has 1 heterocycles. The van der Waals surface area contributed by atoms with E-state index in [1.807, 2.05) is 48.5 Å². The maximum atomic E-state index is 12.6. The van der Waals surface area contributed by atoms with Crippen LogP contribution in [0.4, 0.5) is 11.4 Å². The maximum Gasteiger partial charge on any atom is 0.255 e. The molecule has 4 nitrogen and oxygen atoms in total. The number of carbonyl (C=O) groups is 1. The molecule has 1 aliphatic heterocycles. The van der Waals surface area contributed by atoms with Gasteiger partial charge >= 0.3 is 0 Å². The van der Waals surface area contributed by atoms with Crippen LogP contribution in [-0.2, 0) is 0 Å². The molecule has 3 rings (SSSR count). The van der Waals surface area contributed by atoms with Gasteiger partial charge in [0.2, 0.25) is 0 Å². The fourth-order valence-corrected chi connectivity index (χ4v) is 3.18. The van der Waals surface area contributed by atoms with Crippen molar-refractivity contribution in [1.82, 2.24) is 0 Å². The van der Waals surface area contributed by atoms with E-state index >= 15 is 0 Å². The molecule has 0 saturated carbocycles. The Morgan fingerprint density at radius 3 is 2.36 bits per heavy atom. The van der Waals surface area contributed by atoms with Crippen molar-refractivity contribution in [1.29, 1.82) is 0 Å². The van der Waals surface area contributed by atoms with Crippen LogP contribution >= 0.6 is 0 Å². The van der Waals surface area contributed by atoms with E-state index in [1.54, 1.807) is 0 Å². The van der Waals surface area contributed by atoms with Crippen molar-refractivity contribution >= 4 is 17.3 Å². The molecule has 2 aromatic rings. The molecule has 0 atom stereocenters. The van der Waals surface area contributed by atoms with Gasteiger partial charge in [0.1, 0.15) is 0 Å². The van der Waals surface area contributed by atoms with Gasteiger partial charge < -0.3 is 15.3 Å². The van der Waals surface area contributed by atoms with E-state index in [4.69, 9.17) is 0 Å². The largest absolute Gasteiger partial charge is 0.393 e. The number of hydrogen-bond donors (Lipinski definition) is 2. The summed E-state index contributed by atoms with van der Waals surface area (Å²) in [6.07, 6.45) is 1.32. The molecule has 2 N–H and O–H groups in total. The molecular weight excluding hydrogens is 312 g/mol. The Labute approximate surface area is 149 Å². The molecule has 0 spiro atoms. The van der Waals surface area contributed by atoms with Crippen LogP contribution in [0.15, 0.2) is 48.5 Å². The predicted octanol–water partition coefficient (Wildman–Crippen LogP) is 4.02. The second kappa shape index (κ2) is 7.70. The first kappa shape index (κ1) is 17.5. The van der Waals surface area contributed by atoms with Crippen LogP contribution in [0.1, 0.15) is 48.5 Å². The second-order valence-corrected chi connectivity index (χ2v) is 6.97. The van der Waals surface area contributed by atoms with E-state index in [0.717, 1.165) is 37.3 Å². The smallest absolute Gasteiger partial charge is 0.255 e. The Hall–Kier alpha value is -2.33. The number of rotatable bonds is 4. The van der Waals surface area contributed by atoms with Gasteiger partial charge in [-0.25, -0.2) is 0 Å². The van der Waals surface area contributed by atoms with Gasteiger partial charge in [-0.15, -0.1) is 0 Å². The lowest BCUT2D eigenvalue weighted by Gasteiger charge is -2.32. The topological polar surface area (TPSA) is 52.6 Å². The number of nitrogens with zero attached hydrogens (tertiary/aromatic N) is 1. The van der Waals surface area contributed by atoms with E-state index < -0.39 is 0 Å². The third kappa shape index (κ3) is 4.20. The zero-order chi connectivity index (χ0) is 17.8. The van der Waals surface area contributed by atoms with Crippen LogP contribution < -0.4 is 10.2 Å². The summed E-state index contributed by atoms with van der Waals surface area (Å²) in [6.45, 7) is 5.88. The molecule has 1 aliphatic rings. The lowest BCUT2D eigenvalue weighted by atomic mass is 10.0. The molecule has 132 valence electrons. The molecule has 1 saturated heterocycles. The van der Waals surface area contributed by atoms with Gasteiger partial charge in [0.05, 0.1) is 17.5 Å². The molecule has 0 aromatic heterocycles. The minimum Gasteiger partial charge on any atom is -0.393 e. The summed E-state index contributed by atoms with van der Waals surface area (Å²) in [5, 5.41) is 12.7. The van der Waals surface area contributed by atoms with E-state index in [9.17, 15) is 9.90 Å². The number of anilines is 2. The number of carbonyl (C=O) groups excluding carboxylic acids is 1. The molecule has 1 fully saturated rings. The van der Waals surface area contributed by atoms with Crippen molar-refractivity contribution in [3.63, 3.8) is 0 Å². The summed E-state index contributed by atoms with van der Waals surface area (Å²) in [5.74, 6) is 0.354. The van der Waals surface area contributed by atoms with Crippen molar-refractivity contribution < 1.29 is 9.90 Å². The number of aliphatic hydroxyl groups excluding tert-OH is 1. The summed E-state index contributed by atoms with van der Waals surface area (Å²) >= 11 is 0. The normalized spacial score (nSPS) is 15.4. The number of amides is 1. The standard InChI is InChI=1S/C21H26N2O2/c1-15(2)16-7-9-17(10-8-16)21(25)22-19-5-3-4-6-20(19)23-13-11-18(24)12-14-23/h3-10,15,18,24H,11-14H2,1-2H3,(H,22,25). The molecule has 0 aliphatic carbocycles. The van der Waals surface area contributed by atoms with Gasteiger partial charge in [-0.1, -0.05) is 38.1 Å². The van der Waals surface area contributed by atoms with Crippen LogP contribution in [0, 0.1) is 0 Å². The highest BCUT2D eigenvalue weighted by molar-refractivity contribution is 6.06. The molecule has 25 heavy (non-hydrogen) atoms. The first-order valence-corrected chi connectivity index (χ1v) is 8.98. The molecule has 4 heteroatoms. The first-order chi connectivity index (χ1) is 12.0. The highest BCUT2D eigenvalue weighted by Crippen LogP contribution is 2.29. The van der Waals surface area contributed by atoms with Crippen molar-refractivity contribution in [3.8, 4) is 0 Å². The van der Waals surface area contributed by atoms with Crippen molar-refractivity contribution in [3.05, 3.63) is 59.7 Å². The minimum absolute atomic E-state index is 0.0974. The zero-order valence-corrected chi connectivity index (χ0v) is 14.9. The van der Waals surface area contributed by atoms with Gasteiger partial charge in [-0.3, -0.25) is 4.79 Å².